The van der Waals surface area contributed by atoms with Gasteiger partial charge in [0.05, 0.1) is 26.5 Å². The molecule has 2 atom stereocenters. The van der Waals surface area contributed by atoms with Crippen LogP contribution in [-0.2, 0) is 26.0 Å². The molecule has 1 aliphatic carbocycles. The van der Waals surface area contributed by atoms with Gasteiger partial charge in [0.15, 0.2) is 16.9 Å². The zero-order chi connectivity index (χ0) is 32.3. The van der Waals surface area contributed by atoms with Gasteiger partial charge in [-0.25, -0.2) is 13.2 Å². The summed E-state index contributed by atoms with van der Waals surface area (Å²) in [5, 5.41) is 10.1. The maximum absolute atomic E-state index is 13.7. The van der Waals surface area contributed by atoms with Crippen LogP contribution in [0.1, 0.15) is 30.1 Å². The lowest BCUT2D eigenvalue weighted by Gasteiger charge is -2.26. The largest absolute Gasteiger partial charge is 0.489 e. The lowest BCUT2D eigenvalue weighted by atomic mass is 10.0. The van der Waals surface area contributed by atoms with Crippen molar-refractivity contribution in [2.45, 2.75) is 42.2 Å². The highest BCUT2D eigenvalue weighted by molar-refractivity contribution is 8.02. The molecule has 5 rings (SSSR count). The lowest BCUT2D eigenvalue weighted by Crippen LogP contribution is -2.40. The van der Waals surface area contributed by atoms with Crippen molar-refractivity contribution in [2.24, 2.45) is 5.92 Å². The number of sulfonamides is 1. The molecule has 17 heteroatoms. The number of ether oxygens (including phenoxy) is 3. The molecule has 2 heterocycles. The monoisotopic (exact) mass is 703 g/mol. The first-order valence-electron chi connectivity index (χ1n) is 13.5. The van der Waals surface area contributed by atoms with Crippen LogP contribution in [0.5, 0.6) is 11.5 Å². The van der Waals surface area contributed by atoms with Crippen molar-refractivity contribution in [3.63, 3.8) is 0 Å². The van der Waals surface area contributed by atoms with Crippen LogP contribution in [0.2, 0.25) is 10.0 Å². The van der Waals surface area contributed by atoms with Crippen LogP contribution < -0.4 is 9.47 Å². The Morgan fingerprint density at radius 1 is 1.11 bits per heavy atom. The number of nitro groups is 1. The predicted octanol–water partition coefficient (Wildman–Crippen LogP) is 6.28. The number of benzene rings is 2. The number of alkyl halides is 2. The van der Waals surface area contributed by atoms with Crippen LogP contribution in [0.15, 0.2) is 59.8 Å². The number of halogens is 4. The molecule has 11 nitrogen and oxygen atoms in total. The second-order valence-corrected chi connectivity index (χ2v) is 14.0. The highest BCUT2D eigenvalue weighted by Gasteiger charge is 2.42. The molecule has 0 bridgehead atoms. The van der Waals surface area contributed by atoms with Gasteiger partial charge in [-0.15, -0.1) is 11.8 Å². The average molecular weight is 705 g/mol. The van der Waals surface area contributed by atoms with Gasteiger partial charge < -0.3 is 14.2 Å². The molecule has 1 saturated carbocycles. The number of thioether (sulfide) groups is 1. The van der Waals surface area contributed by atoms with E-state index in [1.165, 1.54) is 30.6 Å². The number of carbonyl (C=O) groups is 1. The second-order valence-electron chi connectivity index (χ2n) is 10.1. The minimum Gasteiger partial charge on any atom is -0.489 e. The predicted molar refractivity (Wildman–Crippen MR) is 161 cm³/mol. The number of pyridine rings is 1. The van der Waals surface area contributed by atoms with Gasteiger partial charge in [-0.05, 0) is 54.2 Å². The van der Waals surface area contributed by atoms with Crippen LogP contribution in [0, 0.1) is 16.0 Å². The van der Waals surface area contributed by atoms with Crippen molar-refractivity contribution in [1.29, 1.82) is 0 Å². The Morgan fingerprint density at radius 3 is 2.42 bits per heavy atom. The summed E-state index contributed by atoms with van der Waals surface area (Å²) in [6, 6.07) is 8.44. The number of hydrogen-bond acceptors (Lipinski definition) is 10. The summed E-state index contributed by atoms with van der Waals surface area (Å²) in [5.74, 6) is -0.518. The number of nitro benzene ring substituents is 1. The highest BCUT2D eigenvalue weighted by atomic mass is 35.5. The van der Waals surface area contributed by atoms with E-state index in [1.807, 2.05) is 0 Å². The number of rotatable bonds is 13. The van der Waals surface area contributed by atoms with Crippen molar-refractivity contribution < 1.29 is 41.1 Å². The molecule has 3 aromatic rings. The number of hydrogen-bond donors (Lipinski definition) is 0. The number of nitrogens with zero attached hydrogens (tertiary/aromatic N) is 3. The Hall–Kier alpha value is -3.24. The fourth-order valence-electron chi connectivity index (χ4n) is 4.53. The fraction of sp³-hybridized carbons (Fsp3) is 0.357. The summed E-state index contributed by atoms with van der Waals surface area (Å²) >= 11 is 13.8. The molecule has 1 unspecified atom stereocenters. The Morgan fingerprint density at radius 2 is 1.80 bits per heavy atom. The van der Waals surface area contributed by atoms with E-state index in [0.717, 1.165) is 53.2 Å². The normalized spacial score (nSPS) is 17.7. The molecule has 1 aliphatic heterocycles. The van der Waals surface area contributed by atoms with E-state index < -0.39 is 39.0 Å². The van der Waals surface area contributed by atoms with Crippen LogP contribution in [0.4, 0.5) is 14.5 Å². The van der Waals surface area contributed by atoms with Crippen molar-refractivity contribution in [3.05, 3.63) is 86.1 Å². The van der Waals surface area contributed by atoms with Crippen LogP contribution in [0.25, 0.3) is 0 Å². The fourth-order valence-corrected chi connectivity index (χ4v) is 8.10. The molecule has 2 aliphatic rings. The number of esters is 1. The molecule has 240 valence electrons. The van der Waals surface area contributed by atoms with E-state index in [0.29, 0.717) is 17.0 Å². The Bertz CT molecular complexity index is 1660. The third-order valence-electron chi connectivity index (χ3n) is 7.03. The topological polar surface area (TPSA) is 138 Å². The zero-order valence-corrected chi connectivity index (χ0v) is 26.3. The van der Waals surface area contributed by atoms with Crippen LogP contribution in [0.3, 0.4) is 0 Å². The minimum absolute atomic E-state index is 0.0186. The van der Waals surface area contributed by atoms with Crippen molar-refractivity contribution in [1.82, 2.24) is 9.29 Å². The van der Waals surface area contributed by atoms with Gasteiger partial charge in [0.25, 0.3) is 5.69 Å². The summed E-state index contributed by atoms with van der Waals surface area (Å²) in [5.41, 5.74) is 0.420. The summed E-state index contributed by atoms with van der Waals surface area (Å²) in [4.78, 5) is 27.7. The van der Waals surface area contributed by atoms with Gasteiger partial charge in [-0.3, -0.25) is 15.1 Å². The molecule has 0 spiro atoms. The molecule has 1 saturated heterocycles. The minimum atomic E-state index is -4.25. The first kappa shape index (κ1) is 33.1. The van der Waals surface area contributed by atoms with Gasteiger partial charge in [0, 0.05) is 43.2 Å². The van der Waals surface area contributed by atoms with Crippen LogP contribution >= 0.6 is 35.0 Å². The first-order chi connectivity index (χ1) is 21.4. The Labute approximate surface area is 271 Å². The van der Waals surface area contributed by atoms with Crippen LogP contribution in [-0.4, -0.2) is 59.5 Å². The molecule has 1 aromatic heterocycles. The number of aromatic nitrogens is 1. The van der Waals surface area contributed by atoms with Gasteiger partial charge in [0.2, 0.25) is 10.0 Å². The molecule has 2 fully saturated rings. The molecule has 2 aromatic carbocycles. The number of carbonyl (C=O) groups excluding carboxylic acids is 1. The Kier molecular flexibility index (Phi) is 10.3. The van der Waals surface area contributed by atoms with Crippen molar-refractivity contribution in [2.75, 3.05) is 18.9 Å². The average Bonchev–Trinajstić information content (AvgIpc) is 3.69. The van der Waals surface area contributed by atoms with E-state index in [9.17, 15) is 32.1 Å². The van der Waals surface area contributed by atoms with E-state index in [-0.39, 0.29) is 57.5 Å². The summed E-state index contributed by atoms with van der Waals surface area (Å²) in [7, 11) is -4.25. The van der Waals surface area contributed by atoms with E-state index in [1.54, 1.807) is 0 Å². The van der Waals surface area contributed by atoms with Gasteiger partial charge >= 0.3 is 12.6 Å². The van der Waals surface area contributed by atoms with Crippen molar-refractivity contribution in [3.8, 4) is 11.5 Å². The molecule has 0 N–H and O–H groups in total. The van der Waals surface area contributed by atoms with Gasteiger partial charge in [-0.1, -0.05) is 29.3 Å². The first-order valence-corrected chi connectivity index (χ1v) is 16.8. The van der Waals surface area contributed by atoms with Gasteiger partial charge in [-0.2, -0.15) is 13.1 Å². The zero-order valence-electron chi connectivity index (χ0n) is 23.2. The van der Waals surface area contributed by atoms with Gasteiger partial charge in [0.1, 0.15) is 6.10 Å². The van der Waals surface area contributed by atoms with Crippen molar-refractivity contribution >= 4 is 56.6 Å². The third-order valence-corrected chi connectivity index (χ3v) is 10.9. The SMILES string of the molecule is O=C(O[C@@H](Cc1c(Cl)cncc1Cl)c1ccc(OC(F)F)c(OCC2CC2)c1)C1SCCN1S(=O)(=O)c1ccc([N+](=O)[O-])cc1. The standard InChI is InChI=1S/C28H25Cl2F2N3O8S2/c29-21-13-33-14-22(30)20(21)12-24(17-3-8-23(43-28(31)32)25(11-17)41-15-16-1-2-16)42-27(36)26-34(9-10-44-26)45(39,40)19-6-4-18(5-7-19)35(37)38/h3-8,11,13-14,16,24,26,28H,1-2,9-10,12,15H2/t24-,26?/m0/s1. The third kappa shape index (κ3) is 7.95. The van der Waals surface area contributed by atoms with E-state index in [2.05, 4.69) is 9.72 Å². The Balaban J connectivity index is 1.45. The second kappa shape index (κ2) is 14.0. The molecular weight excluding hydrogens is 679 g/mol. The van der Waals surface area contributed by atoms with E-state index >= 15 is 0 Å². The summed E-state index contributed by atoms with van der Waals surface area (Å²) < 4.78 is 70.5. The van der Waals surface area contributed by atoms with E-state index in [4.69, 9.17) is 32.7 Å². The lowest BCUT2D eigenvalue weighted by molar-refractivity contribution is -0.384. The molecule has 0 radical (unpaired) electrons. The molecular formula is C28H25Cl2F2N3O8S2. The molecule has 45 heavy (non-hydrogen) atoms. The summed E-state index contributed by atoms with van der Waals surface area (Å²) in [6.07, 6.45) is 3.41. The maximum atomic E-state index is 13.7. The number of non-ortho nitro benzene ring substituents is 1. The quantitative estimate of drug-likeness (QED) is 0.114. The smallest absolute Gasteiger partial charge is 0.387 e. The molecule has 0 amide bonds. The highest BCUT2D eigenvalue weighted by Crippen LogP contribution is 2.39. The maximum Gasteiger partial charge on any atom is 0.387 e. The summed E-state index contributed by atoms with van der Waals surface area (Å²) in [6.45, 7) is -2.84.